The van der Waals surface area contributed by atoms with E-state index < -0.39 is 22.3 Å². The third-order valence-electron chi connectivity index (χ3n) is 7.42. The van der Waals surface area contributed by atoms with Gasteiger partial charge in [-0.2, -0.15) is 11.6 Å². The molecule has 0 heterocycles. The molecule has 1 unspecified atom stereocenters. The molecule has 5 heteroatoms. The van der Waals surface area contributed by atoms with Gasteiger partial charge in [-0.05, 0) is 0 Å². The zero-order valence-corrected chi connectivity index (χ0v) is 32.0. The van der Waals surface area contributed by atoms with E-state index in [0.29, 0.717) is 11.3 Å². The van der Waals surface area contributed by atoms with E-state index in [4.69, 9.17) is 23.2 Å². The summed E-state index contributed by atoms with van der Waals surface area (Å²) in [6.45, 7) is 11.3. The first-order chi connectivity index (χ1) is 20.7. The van der Waals surface area contributed by atoms with Crippen molar-refractivity contribution >= 4 is 52.2 Å². The third kappa shape index (κ3) is 11.6. The zero-order chi connectivity index (χ0) is 30.8. The number of halogens is 4. The van der Waals surface area contributed by atoms with E-state index in [2.05, 4.69) is 133 Å². The summed E-state index contributed by atoms with van der Waals surface area (Å²) in [5.41, 5.74) is 5.76. The Bertz CT molecular complexity index is 1660. The van der Waals surface area contributed by atoms with Crippen molar-refractivity contribution in [3.8, 4) is 0 Å². The van der Waals surface area contributed by atoms with Gasteiger partial charge < -0.3 is 24.8 Å². The second kappa shape index (κ2) is 19.0. The molecular weight excluding hydrogens is 713 g/mol. The largest absolute Gasteiger partial charge is 1.00 e. The summed E-state index contributed by atoms with van der Waals surface area (Å²) in [6, 6.07) is 35.2. The molecular formula is C40H40Cl4Zr-4. The fourth-order valence-electron chi connectivity index (χ4n) is 5.12. The van der Waals surface area contributed by atoms with Gasteiger partial charge in [-0.3, -0.25) is 6.08 Å². The van der Waals surface area contributed by atoms with Gasteiger partial charge in [0.2, 0.25) is 0 Å². The number of hydrogen-bond acceptors (Lipinski definition) is 0. The molecule has 236 valence electrons. The quantitative estimate of drug-likeness (QED) is 0.200. The molecule has 0 saturated heterocycles. The van der Waals surface area contributed by atoms with E-state index in [-0.39, 0.29) is 24.8 Å². The predicted octanol–water partition coefficient (Wildman–Crippen LogP) is 5.93. The van der Waals surface area contributed by atoms with Gasteiger partial charge >= 0.3 is 123 Å². The molecule has 1 atom stereocenters. The summed E-state index contributed by atoms with van der Waals surface area (Å²) >= 11 is 11.0. The van der Waals surface area contributed by atoms with Gasteiger partial charge in [0.05, 0.1) is 0 Å². The van der Waals surface area contributed by atoms with Crippen LogP contribution in [0.3, 0.4) is 0 Å². The van der Waals surface area contributed by atoms with Gasteiger partial charge in [-0.15, -0.1) is 39.7 Å². The second-order valence-corrected chi connectivity index (χ2v) is 14.8. The maximum Gasteiger partial charge on any atom is -0.0771 e. The van der Waals surface area contributed by atoms with Crippen molar-refractivity contribution in [2.75, 3.05) is 0 Å². The minimum Gasteiger partial charge on any atom is -1.00 e. The molecule has 6 rings (SSSR count). The van der Waals surface area contributed by atoms with Crippen molar-refractivity contribution < 1.29 is 47.1 Å². The van der Waals surface area contributed by atoms with Crippen LogP contribution in [0.4, 0.5) is 0 Å². The van der Waals surface area contributed by atoms with Gasteiger partial charge in [-0.1, -0.05) is 95.2 Å². The number of benzene rings is 4. The normalized spacial score (nSPS) is 13.4. The number of hydrogen-bond donors (Lipinski definition) is 0. The van der Waals surface area contributed by atoms with E-state index in [0.717, 1.165) is 16.5 Å². The van der Waals surface area contributed by atoms with Gasteiger partial charge in [0.15, 0.2) is 0 Å². The average molecular weight is 754 g/mol. The molecule has 5 aromatic rings. The van der Waals surface area contributed by atoms with Gasteiger partial charge in [0.1, 0.15) is 0 Å². The van der Waals surface area contributed by atoms with E-state index in [9.17, 15) is 0 Å². The Hall–Kier alpha value is -1.99. The molecule has 0 nitrogen and oxygen atoms in total. The first-order valence-electron chi connectivity index (χ1n) is 15.0. The molecule has 1 aliphatic rings. The van der Waals surface area contributed by atoms with Crippen molar-refractivity contribution in [2.45, 2.75) is 47.5 Å². The number of fused-ring (bicyclic) bond motifs is 3. The molecule has 0 radical (unpaired) electrons. The molecule has 5 aromatic carbocycles. The SMILES string of the molecule is CCC1=[C-]C(CC)C=C1C(C)(C)C.Clc1ccc([CH]=[Zr]=[CH]c2ccc(Cl)cc2)cc1.[Cl-].[Cl-].c1ccc2c(c1)[cH-]c1ccccc12. The van der Waals surface area contributed by atoms with Crippen LogP contribution in [0.5, 0.6) is 0 Å². The van der Waals surface area contributed by atoms with Crippen LogP contribution in [0.1, 0.15) is 58.6 Å². The van der Waals surface area contributed by atoms with Crippen LogP contribution in [0.15, 0.2) is 120 Å². The monoisotopic (exact) mass is 750 g/mol. The Morgan fingerprint density at radius 2 is 1.16 bits per heavy atom. The Balaban J connectivity index is 0.000000233. The Morgan fingerprint density at radius 3 is 1.53 bits per heavy atom. The first-order valence-corrected chi connectivity index (χ1v) is 18.6. The summed E-state index contributed by atoms with van der Waals surface area (Å²) in [6.07, 6.45) is 8.28. The fourth-order valence-corrected chi connectivity index (χ4v) is 7.47. The van der Waals surface area contributed by atoms with E-state index >= 15 is 0 Å². The summed E-state index contributed by atoms with van der Waals surface area (Å²) in [5.74, 6) is 0.573. The molecule has 45 heavy (non-hydrogen) atoms. The van der Waals surface area contributed by atoms with Crippen LogP contribution in [0.2, 0.25) is 10.0 Å². The van der Waals surface area contributed by atoms with Gasteiger partial charge in [0.25, 0.3) is 0 Å². The van der Waals surface area contributed by atoms with Gasteiger partial charge in [0, 0.05) is 0 Å². The molecule has 0 spiro atoms. The van der Waals surface area contributed by atoms with Gasteiger partial charge in [-0.25, -0.2) is 5.57 Å². The molecule has 0 N–H and O–H groups in total. The average Bonchev–Trinajstić information content (AvgIpc) is 3.62. The first kappa shape index (κ1) is 39.2. The van der Waals surface area contributed by atoms with E-state index in [1.165, 1.54) is 50.2 Å². The van der Waals surface area contributed by atoms with Crippen LogP contribution < -0.4 is 24.8 Å². The molecule has 0 aliphatic heterocycles. The third-order valence-corrected chi connectivity index (χ3v) is 10.4. The second-order valence-electron chi connectivity index (χ2n) is 11.7. The van der Waals surface area contributed by atoms with Crippen LogP contribution in [0, 0.1) is 17.4 Å². The Morgan fingerprint density at radius 1 is 0.711 bits per heavy atom. The molecule has 0 saturated carbocycles. The Kier molecular flexibility index (Phi) is 16.5. The van der Waals surface area contributed by atoms with E-state index in [1.54, 1.807) is 0 Å². The minimum absolute atomic E-state index is 0. The van der Waals surface area contributed by atoms with Crippen molar-refractivity contribution in [2.24, 2.45) is 11.3 Å². The van der Waals surface area contributed by atoms with Crippen LogP contribution in [-0.4, -0.2) is 7.42 Å². The topological polar surface area (TPSA) is 0 Å². The van der Waals surface area contributed by atoms with Crippen molar-refractivity contribution in [1.82, 2.24) is 0 Å². The summed E-state index contributed by atoms with van der Waals surface area (Å²) in [4.78, 5) is 0. The van der Waals surface area contributed by atoms with E-state index in [1.807, 2.05) is 24.3 Å². The molecule has 0 aromatic heterocycles. The Labute approximate surface area is 303 Å². The maximum atomic E-state index is 5.84. The zero-order valence-electron chi connectivity index (χ0n) is 26.6. The standard InChI is InChI=1S/C13H9.C13H21.2C7H5Cl.2ClH.Zr/c1-3-7-12-10(5-1)9-11-6-2-4-8-13(11)12;1-6-10-8-11(7-2)12(9-10)13(3,4)5;2*1-6-2-4-7(8)5-3-6;;;/h1-9H;9-10H,6-7H2,1-5H3;2*1-5H;2*1H;/q2*-1;;;;;/p-2. The van der Waals surface area contributed by atoms with Crippen LogP contribution >= 0.6 is 23.2 Å². The molecule has 1 aliphatic carbocycles. The predicted molar refractivity (Wildman–Crippen MR) is 189 cm³/mol. The number of rotatable bonds is 4. The summed E-state index contributed by atoms with van der Waals surface area (Å²) in [5, 5.41) is 6.96. The molecule has 0 fully saturated rings. The van der Waals surface area contributed by atoms with Crippen molar-refractivity contribution in [1.29, 1.82) is 0 Å². The molecule has 0 bridgehead atoms. The van der Waals surface area contributed by atoms with Crippen LogP contribution in [0.25, 0.3) is 21.5 Å². The fraction of sp³-hybridized carbons (Fsp3) is 0.225. The smallest absolute Gasteiger partial charge is 0.0771 e. The maximum absolute atomic E-state index is 5.84. The summed E-state index contributed by atoms with van der Waals surface area (Å²) in [7, 11) is 0. The van der Waals surface area contributed by atoms with Crippen molar-refractivity contribution in [3.63, 3.8) is 0 Å². The summed E-state index contributed by atoms with van der Waals surface area (Å²) < 4.78 is 4.66. The molecule has 0 amide bonds. The minimum atomic E-state index is -0.623. The van der Waals surface area contributed by atoms with Crippen molar-refractivity contribution in [3.05, 3.63) is 148 Å². The van der Waals surface area contributed by atoms with Crippen LogP contribution in [-0.2, 0) is 22.3 Å². The number of allylic oxidation sites excluding steroid dienone is 4.